The van der Waals surface area contributed by atoms with E-state index in [9.17, 15) is 0 Å². The van der Waals surface area contributed by atoms with Crippen LogP contribution < -0.4 is 20.1 Å². The number of aromatic nitrogens is 1. The number of pyridine rings is 1. The molecule has 0 saturated carbocycles. The van der Waals surface area contributed by atoms with Crippen molar-refractivity contribution >= 4 is 41.3 Å². The fourth-order valence-corrected chi connectivity index (χ4v) is 3.24. The summed E-state index contributed by atoms with van der Waals surface area (Å²) in [6.45, 7) is 6.67. The van der Waals surface area contributed by atoms with Crippen LogP contribution in [0.1, 0.15) is 25.0 Å². The third-order valence-corrected chi connectivity index (χ3v) is 4.70. The van der Waals surface area contributed by atoms with Crippen molar-refractivity contribution in [3.8, 4) is 17.4 Å². The molecule has 2 heterocycles. The van der Waals surface area contributed by atoms with E-state index in [0.717, 1.165) is 18.1 Å². The summed E-state index contributed by atoms with van der Waals surface area (Å²) in [5.74, 6) is 2.67. The average Bonchev–Trinajstić information content (AvgIpc) is 3.26. The fourth-order valence-electron chi connectivity index (χ4n) is 2.58. The molecule has 3 rings (SSSR count). The van der Waals surface area contributed by atoms with E-state index in [1.807, 2.05) is 43.3 Å². The van der Waals surface area contributed by atoms with E-state index in [4.69, 9.17) is 9.47 Å². The van der Waals surface area contributed by atoms with Crippen LogP contribution in [0.4, 0.5) is 0 Å². The van der Waals surface area contributed by atoms with E-state index in [1.54, 1.807) is 17.5 Å². The Hall–Kier alpha value is -2.33. The molecule has 2 N–H and O–H groups in total. The standard InChI is InChI=1S/C22H26N4O2S.HI/c1-3-23-22(26-15-18-11-12-29-16-18)25-14-17-9-10-21(24-13-17)28-20-8-6-5-7-19(20)27-4-2;/h5-13,16H,3-4,14-15H2,1-2H3,(H2,23,25,26);1H. The minimum Gasteiger partial charge on any atom is -0.490 e. The summed E-state index contributed by atoms with van der Waals surface area (Å²) in [7, 11) is 0. The van der Waals surface area contributed by atoms with Gasteiger partial charge in [-0.2, -0.15) is 11.3 Å². The highest BCUT2D eigenvalue weighted by Gasteiger charge is 2.06. The van der Waals surface area contributed by atoms with Crippen LogP contribution in [0.25, 0.3) is 0 Å². The summed E-state index contributed by atoms with van der Waals surface area (Å²) >= 11 is 1.68. The SMILES string of the molecule is CCNC(=NCc1ccsc1)NCc1ccc(Oc2ccccc2OCC)nc1.I. The quantitative estimate of drug-likeness (QED) is 0.223. The normalized spacial score (nSPS) is 10.8. The smallest absolute Gasteiger partial charge is 0.219 e. The Balaban J connectivity index is 0.00000320. The molecule has 6 nitrogen and oxygen atoms in total. The molecule has 0 atom stereocenters. The first-order chi connectivity index (χ1) is 14.3. The first-order valence-corrected chi connectivity index (χ1v) is 10.6. The van der Waals surface area contributed by atoms with Gasteiger partial charge in [-0.3, -0.25) is 0 Å². The lowest BCUT2D eigenvalue weighted by atomic mass is 10.3. The van der Waals surface area contributed by atoms with Crippen molar-refractivity contribution in [2.75, 3.05) is 13.2 Å². The van der Waals surface area contributed by atoms with Gasteiger partial charge in [-0.1, -0.05) is 18.2 Å². The third-order valence-electron chi connectivity index (χ3n) is 3.97. The van der Waals surface area contributed by atoms with Crippen LogP contribution in [0.5, 0.6) is 17.4 Å². The number of hydrogen-bond donors (Lipinski definition) is 2. The highest BCUT2D eigenvalue weighted by Crippen LogP contribution is 2.30. The van der Waals surface area contributed by atoms with Gasteiger partial charge < -0.3 is 20.1 Å². The Labute approximate surface area is 198 Å². The van der Waals surface area contributed by atoms with Crippen molar-refractivity contribution in [1.29, 1.82) is 0 Å². The maximum Gasteiger partial charge on any atom is 0.219 e. The lowest BCUT2D eigenvalue weighted by molar-refractivity contribution is 0.319. The van der Waals surface area contributed by atoms with Crippen molar-refractivity contribution in [2.45, 2.75) is 26.9 Å². The topological polar surface area (TPSA) is 67.8 Å². The van der Waals surface area contributed by atoms with Crippen LogP contribution in [-0.2, 0) is 13.1 Å². The van der Waals surface area contributed by atoms with Gasteiger partial charge in [0, 0.05) is 25.4 Å². The summed E-state index contributed by atoms with van der Waals surface area (Å²) < 4.78 is 11.5. The molecule has 3 aromatic rings. The molecule has 1 aromatic carbocycles. The second-order valence-electron chi connectivity index (χ2n) is 6.17. The zero-order chi connectivity index (χ0) is 20.3. The molecular weight excluding hydrogens is 511 g/mol. The minimum absolute atomic E-state index is 0. The van der Waals surface area contributed by atoms with E-state index in [-0.39, 0.29) is 24.0 Å². The summed E-state index contributed by atoms with van der Waals surface area (Å²) in [5, 5.41) is 10.8. The lowest BCUT2D eigenvalue weighted by Crippen LogP contribution is -2.36. The number of benzene rings is 1. The summed E-state index contributed by atoms with van der Waals surface area (Å²) in [6.07, 6.45) is 1.80. The number of halogens is 1. The molecule has 0 aliphatic heterocycles. The molecule has 0 unspecified atom stereocenters. The highest BCUT2D eigenvalue weighted by molar-refractivity contribution is 14.0. The molecule has 2 aromatic heterocycles. The van der Waals surface area contributed by atoms with Gasteiger partial charge in [-0.15, -0.1) is 24.0 Å². The predicted octanol–water partition coefficient (Wildman–Crippen LogP) is 5.21. The molecule has 0 bridgehead atoms. The predicted molar refractivity (Wildman–Crippen MR) is 133 cm³/mol. The summed E-state index contributed by atoms with van der Waals surface area (Å²) in [6, 6.07) is 13.5. The van der Waals surface area contributed by atoms with E-state index in [2.05, 4.69) is 44.4 Å². The van der Waals surface area contributed by atoms with Crippen molar-refractivity contribution in [2.24, 2.45) is 4.99 Å². The van der Waals surface area contributed by atoms with Gasteiger partial charge in [0.05, 0.1) is 13.2 Å². The van der Waals surface area contributed by atoms with E-state index < -0.39 is 0 Å². The van der Waals surface area contributed by atoms with Crippen molar-refractivity contribution in [1.82, 2.24) is 15.6 Å². The lowest BCUT2D eigenvalue weighted by Gasteiger charge is -2.12. The van der Waals surface area contributed by atoms with Crippen LogP contribution in [0, 0.1) is 0 Å². The van der Waals surface area contributed by atoms with Gasteiger partial charge in [0.2, 0.25) is 5.88 Å². The second kappa shape index (κ2) is 13.1. The second-order valence-corrected chi connectivity index (χ2v) is 6.95. The van der Waals surface area contributed by atoms with Gasteiger partial charge in [0.15, 0.2) is 17.5 Å². The molecular formula is C22H27IN4O2S. The van der Waals surface area contributed by atoms with Crippen LogP contribution >= 0.6 is 35.3 Å². The Bertz CT molecular complexity index is 902. The number of hydrogen-bond acceptors (Lipinski definition) is 5. The number of guanidine groups is 1. The number of nitrogens with zero attached hydrogens (tertiary/aromatic N) is 2. The maximum absolute atomic E-state index is 5.87. The van der Waals surface area contributed by atoms with Gasteiger partial charge in [-0.05, 0) is 53.9 Å². The molecule has 0 saturated heterocycles. The fraction of sp³-hybridized carbons (Fsp3) is 0.273. The number of aliphatic imine (C=N–C) groups is 1. The number of rotatable bonds is 9. The van der Waals surface area contributed by atoms with E-state index in [1.165, 1.54) is 5.56 Å². The van der Waals surface area contributed by atoms with Gasteiger partial charge in [-0.25, -0.2) is 9.98 Å². The summed E-state index contributed by atoms with van der Waals surface area (Å²) in [5.41, 5.74) is 2.25. The Morgan fingerprint density at radius 2 is 1.87 bits per heavy atom. The molecule has 0 radical (unpaired) electrons. The molecule has 0 fully saturated rings. The van der Waals surface area contributed by atoms with Crippen LogP contribution in [0.2, 0.25) is 0 Å². The van der Waals surface area contributed by atoms with Crippen molar-refractivity contribution < 1.29 is 9.47 Å². The zero-order valence-corrected chi connectivity index (χ0v) is 20.3. The van der Waals surface area contributed by atoms with Crippen LogP contribution in [0.3, 0.4) is 0 Å². The Kier molecular flexibility index (Phi) is 10.4. The Morgan fingerprint density at radius 3 is 2.53 bits per heavy atom. The molecule has 160 valence electrons. The van der Waals surface area contributed by atoms with E-state index in [0.29, 0.717) is 37.1 Å². The first kappa shape index (κ1) is 23.9. The first-order valence-electron chi connectivity index (χ1n) is 9.66. The molecule has 8 heteroatoms. The minimum atomic E-state index is 0. The monoisotopic (exact) mass is 538 g/mol. The van der Waals surface area contributed by atoms with Gasteiger partial charge in [0.25, 0.3) is 0 Å². The maximum atomic E-state index is 5.87. The largest absolute Gasteiger partial charge is 0.490 e. The molecule has 0 amide bonds. The number of para-hydroxylation sites is 2. The molecule has 0 spiro atoms. The van der Waals surface area contributed by atoms with Gasteiger partial charge >= 0.3 is 0 Å². The van der Waals surface area contributed by atoms with E-state index >= 15 is 0 Å². The number of ether oxygens (including phenoxy) is 2. The number of thiophene rings is 1. The third kappa shape index (κ3) is 7.49. The molecule has 0 aliphatic carbocycles. The summed E-state index contributed by atoms with van der Waals surface area (Å²) in [4.78, 5) is 9.02. The molecule has 0 aliphatic rings. The van der Waals surface area contributed by atoms with Crippen molar-refractivity contribution in [3.05, 3.63) is 70.5 Å². The zero-order valence-electron chi connectivity index (χ0n) is 17.1. The number of nitrogens with one attached hydrogen (secondary N) is 2. The van der Waals surface area contributed by atoms with Crippen LogP contribution in [0.15, 0.2) is 64.4 Å². The van der Waals surface area contributed by atoms with Crippen molar-refractivity contribution in [3.63, 3.8) is 0 Å². The van der Waals surface area contributed by atoms with Crippen LogP contribution in [-0.4, -0.2) is 24.1 Å². The molecule has 30 heavy (non-hydrogen) atoms. The Morgan fingerprint density at radius 1 is 1.03 bits per heavy atom. The average molecular weight is 538 g/mol. The van der Waals surface area contributed by atoms with Gasteiger partial charge in [0.1, 0.15) is 0 Å². The highest BCUT2D eigenvalue weighted by atomic mass is 127.